The summed E-state index contributed by atoms with van der Waals surface area (Å²) < 4.78 is 64.9. The van der Waals surface area contributed by atoms with E-state index in [2.05, 4.69) is 5.32 Å². The third kappa shape index (κ3) is 5.22. The number of nitrogens with zero attached hydrogens (tertiary/aromatic N) is 1. The molecule has 39 heavy (non-hydrogen) atoms. The van der Waals surface area contributed by atoms with Gasteiger partial charge in [0.1, 0.15) is 5.82 Å². The topological polar surface area (TPSA) is 103 Å². The van der Waals surface area contributed by atoms with Crippen molar-refractivity contribution in [3.8, 4) is 23.0 Å². The number of anilines is 1. The predicted molar refractivity (Wildman–Crippen MR) is 145 cm³/mol. The summed E-state index contributed by atoms with van der Waals surface area (Å²) in [5.74, 6) is 0.258. The molecule has 1 N–H and O–H groups in total. The van der Waals surface area contributed by atoms with Crippen LogP contribution in [-0.4, -0.2) is 42.8 Å². The van der Waals surface area contributed by atoms with Crippen LogP contribution < -0.4 is 28.6 Å². The molecule has 3 aromatic carbocycles. The number of hydrogen-bond donors (Lipinski definition) is 1. The number of hydrogen-bond acceptors (Lipinski definition) is 7. The Hall–Kier alpha value is -4.25. The van der Waals surface area contributed by atoms with Gasteiger partial charge in [0.05, 0.1) is 40.7 Å². The van der Waals surface area contributed by atoms with Crippen LogP contribution in [0.3, 0.4) is 0 Å². The number of rotatable bonds is 9. The minimum atomic E-state index is -4.42. The minimum Gasteiger partial charge on any atom is -0.493 e. The zero-order chi connectivity index (χ0) is 28.3. The van der Waals surface area contributed by atoms with Crippen LogP contribution in [0.5, 0.6) is 23.0 Å². The van der Waals surface area contributed by atoms with Gasteiger partial charge in [-0.05, 0) is 42.3 Å². The number of halogens is 1. The number of carbonyl (C=O) groups excluding carboxylic acids is 1. The average molecular weight is 557 g/mol. The molecular weight excluding hydrogens is 527 g/mol. The summed E-state index contributed by atoms with van der Waals surface area (Å²) >= 11 is 0. The Bertz CT molecular complexity index is 1550. The van der Waals surface area contributed by atoms with Crippen LogP contribution >= 0.6 is 0 Å². The molecule has 0 aliphatic carbocycles. The lowest BCUT2D eigenvalue weighted by atomic mass is 10.0. The van der Waals surface area contributed by atoms with Crippen molar-refractivity contribution in [1.29, 1.82) is 0 Å². The second kappa shape index (κ2) is 11.2. The Balaban J connectivity index is 1.78. The molecule has 9 nitrogen and oxygen atoms in total. The molecule has 1 aliphatic heterocycles. The summed E-state index contributed by atoms with van der Waals surface area (Å²) in [5.41, 5.74) is 1.72. The fraction of sp³-hybridized carbons (Fsp3) is 0.250. The van der Waals surface area contributed by atoms with E-state index in [0.29, 0.717) is 34.1 Å². The molecule has 0 fully saturated rings. The van der Waals surface area contributed by atoms with E-state index in [4.69, 9.17) is 18.9 Å². The number of allylic oxidation sites excluding steroid dienone is 1. The van der Waals surface area contributed by atoms with Gasteiger partial charge in [-0.1, -0.05) is 24.3 Å². The highest BCUT2D eigenvalue weighted by Gasteiger charge is 2.40. The zero-order valence-electron chi connectivity index (χ0n) is 22.2. The quantitative estimate of drug-likeness (QED) is 0.420. The van der Waals surface area contributed by atoms with Crippen molar-refractivity contribution in [3.05, 3.63) is 82.0 Å². The van der Waals surface area contributed by atoms with Gasteiger partial charge >= 0.3 is 0 Å². The third-order valence-corrected chi connectivity index (χ3v) is 8.36. The summed E-state index contributed by atoms with van der Waals surface area (Å²) in [4.78, 5) is 13.0. The van der Waals surface area contributed by atoms with Crippen molar-refractivity contribution in [1.82, 2.24) is 5.32 Å². The van der Waals surface area contributed by atoms with Gasteiger partial charge in [-0.3, -0.25) is 9.10 Å². The van der Waals surface area contributed by atoms with Gasteiger partial charge in [0.2, 0.25) is 0 Å². The first-order chi connectivity index (χ1) is 18.7. The fourth-order valence-corrected chi connectivity index (χ4v) is 6.17. The van der Waals surface area contributed by atoms with Crippen molar-refractivity contribution in [2.75, 3.05) is 32.7 Å². The van der Waals surface area contributed by atoms with Crippen molar-refractivity contribution >= 4 is 27.2 Å². The van der Waals surface area contributed by atoms with E-state index in [-0.39, 0.29) is 29.9 Å². The number of ether oxygens (including phenoxy) is 4. The van der Waals surface area contributed by atoms with Gasteiger partial charge in [0.15, 0.2) is 27.9 Å². The number of nitrogens with one attached hydrogen (secondary N) is 1. The molecule has 0 saturated heterocycles. The molecule has 0 radical (unpaired) electrons. The van der Waals surface area contributed by atoms with Gasteiger partial charge in [0.25, 0.3) is 15.9 Å². The predicted octanol–water partition coefficient (Wildman–Crippen LogP) is 4.26. The molecule has 0 spiro atoms. The van der Waals surface area contributed by atoms with Crippen LogP contribution in [-0.2, 0) is 27.9 Å². The largest absolute Gasteiger partial charge is 0.493 e. The van der Waals surface area contributed by atoms with Crippen molar-refractivity contribution in [2.45, 2.75) is 20.0 Å². The molecule has 3 aromatic rings. The second-order valence-electron chi connectivity index (χ2n) is 8.65. The van der Waals surface area contributed by atoms with Gasteiger partial charge in [-0.25, -0.2) is 12.8 Å². The Kier molecular flexibility index (Phi) is 8.01. The summed E-state index contributed by atoms with van der Waals surface area (Å²) in [7, 11) is 1.47. The summed E-state index contributed by atoms with van der Waals surface area (Å²) in [6.07, 6.45) is 0. The van der Waals surface area contributed by atoms with Gasteiger partial charge in [-0.15, -0.1) is 0 Å². The highest BCUT2D eigenvalue weighted by molar-refractivity contribution is 7.97. The van der Waals surface area contributed by atoms with Gasteiger partial charge < -0.3 is 24.3 Å². The molecule has 0 saturated carbocycles. The highest BCUT2D eigenvalue weighted by Crippen LogP contribution is 2.45. The van der Waals surface area contributed by atoms with Crippen molar-refractivity contribution in [2.24, 2.45) is 0 Å². The Morgan fingerprint density at radius 3 is 2.13 bits per heavy atom. The lowest BCUT2D eigenvalue weighted by molar-refractivity contribution is -0.117. The smallest absolute Gasteiger partial charge is 0.270 e. The van der Waals surface area contributed by atoms with E-state index in [1.54, 1.807) is 37.3 Å². The maximum absolute atomic E-state index is 14.6. The molecule has 0 aromatic heterocycles. The monoisotopic (exact) mass is 556 g/mol. The highest BCUT2D eigenvalue weighted by atomic mass is 32.2. The molecule has 4 rings (SSSR count). The molecule has 206 valence electrons. The molecule has 1 amide bonds. The first-order valence-electron chi connectivity index (χ1n) is 11.9. The Labute approximate surface area is 226 Å². The van der Waals surface area contributed by atoms with Gasteiger partial charge in [-0.2, -0.15) is 0 Å². The summed E-state index contributed by atoms with van der Waals surface area (Å²) in [6, 6.07) is 14.1. The molecule has 1 aliphatic rings. The van der Waals surface area contributed by atoms with Crippen LogP contribution in [0.4, 0.5) is 10.1 Å². The average Bonchev–Trinajstić information content (AvgIpc) is 2.93. The second-order valence-corrected chi connectivity index (χ2v) is 10.5. The van der Waals surface area contributed by atoms with E-state index in [9.17, 15) is 17.6 Å². The number of fused-ring (bicyclic) bond motifs is 1. The molecular formula is C28H29FN2O7S. The molecule has 1 heterocycles. The van der Waals surface area contributed by atoms with E-state index >= 15 is 0 Å². The lowest BCUT2D eigenvalue weighted by Gasteiger charge is -2.33. The molecule has 0 unspecified atom stereocenters. The normalized spacial score (nSPS) is 13.9. The number of amides is 1. The van der Waals surface area contributed by atoms with E-state index in [1.165, 1.54) is 52.7 Å². The molecule has 0 atom stereocenters. The number of sulfonamides is 1. The maximum Gasteiger partial charge on any atom is 0.270 e. The third-order valence-electron chi connectivity index (χ3n) is 6.44. The summed E-state index contributed by atoms with van der Waals surface area (Å²) in [5, 5.41) is 2.69. The Morgan fingerprint density at radius 2 is 1.49 bits per heavy atom. The number of methoxy groups -OCH3 is 4. The Morgan fingerprint density at radius 1 is 0.872 bits per heavy atom. The first-order valence-corrected chi connectivity index (χ1v) is 13.3. The van der Waals surface area contributed by atoms with Gasteiger partial charge in [0, 0.05) is 23.7 Å². The number of carbonyl (C=O) groups is 1. The molecule has 0 bridgehead atoms. The minimum absolute atomic E-state index is 0.0254. The van der Waals surface area contributed by atoms with Crippen LogP contribution in [0.25, 0.3) is 5.57 Å². The molecule has 11 heteroatoms. The SMILES string of the molecule is COc1ccc(CNC(=O)C2=C(C)c3cc(OC)c(OC)cc3N(Cc3ccccc3F)S2(=O)=O)cc1OC. The van der Waals surface area contributed by atoms with Crippen LogP contribution in [0.1, 0.15) is 23.6 Å². The van der Waals surface area contributed by atoms with E-state index in [0.717, 1.165) is 4.31 Å². The number of benzene rings is 3. The van der Waals surface area contributed by atoms with Crippen LogP contribution in [0.2, 0.25) is 0 Å². The lowest BCUT2D eigenvalue weighted by Crippen LogP contribution is -2.40. The summed E-state index contributed by atoms with van der Waals surface area (Å²) in [6.45, 7) is 1.24. The maximum atomic E-state index is 14.6. The van der Waals surface area contributed by atoms with E-state index in [1.807, 2.05) is 0 Å². The zero-order valence-corrected chi connectivity index (χ0v) is 23.0. The first kappa shape index (κ1) is 27.8. The van der Waals surface area contributed by atoms with Crippen LogP contribution in [0.15, 0.2) is 59.5 Å². The standard InChI is InChI=1S/C28H29FN2O7S/c1-17-20-13-25(37-4)26(38-5)14-22(20)31(16-19-8-6-7-9-21(19)29)39(33,34)27(17)28(32)30-15-18-10-11-23(35-2)24(12-18)36-3/h6-14H,15-16H2,1-5H3,(H,30,32). The fourth-order valence-electron chi connectivity index (χ4n) is 4.42. The van der Waals surface area contributed by atoms with E-state index < -0.39 is 26.7 Å². The van der Waals surface area contributed by atoms with Crippen LogP contribution in [0, 0.1) is 5.82 Å². The van der Waals surface area contributed by atoms with Crippen molar-refractivity contribution < 1.29 is 36.6 Å². The van der Waals surface area contributed by atoms with Crippen molar-refractivity contribution in [3.63, 3.8) is 0 Å².